The molecule has 0 rings (SSSR count). The SMILES string of the molecule is CCCCCCCC(C)OP(C)(=O)F. The van der Waals surface area contributed by atoms with E-state index in [0.717, 1.165) is 25.9 Å². The minimum absolute atomic E-state index is 0.225. The standard InChI is InChI=1S/C10H22FO2P/c1-4-5-6-7-8-9-10(2)13-14(3,11)12/h10H,4-9H2,1-3H3. The van der Waals surface area contributed by atoms with Gasteiger partial charge in [-0.2, -0.15) is 4.20 Å². The first-order chi connectivity index (χ1) is 6.45. The quantitative estimate of drug-likeness (QED) is 0.446. The molecule has 0 saturated heterocycles. The molecule has 0 fully saturated rings. The van der Waals surface area contributed by atoms with Gasteiger partial charge in [-0.1, -0.05) is 39.0 Å². The van der Waals surface area contributed by atoms with Crippen LogP contribution in [0, 0.1) is 0 Å². The fourth-order valence-electron chi connectivity index (χ4n) is 1.41. The van der Waals surface area contributed by atoms with Crippen LogP contribution in [0.4, 0.5) is 4.20 Å². The van der Waals surface area contributed by atoms with Gasteiger partial charge >= 0.3 is 7.68 Å². The average Bonchev–Trinajstić information content (AvgIpc) is 2.00. The van der Waals surface area contributed by atoms with Crippen molar-refractivity contribution in [2.45, 2.75) is 58.5 Å². The Hall–Kier alpha value is 0.120. The van der Waals surface area contributed by atoms with Crippen LogP contribution in [-0.4, -0.2) is 12.8 Å². The zero-order chi connectivity index (χ0) is 11.0. The molecule has 4 heteroatoms. The van der Waals surface area contributed by atoms with Crippen molar-refractivity contribution in [2.75, 3.05) is 6.66 Å². The highest BCUT2D eigenvalue weighted by atomic mass is 31.2. The highest BCUT2D eigenvalue weighted by Gasteiger charge is 2.17. The average molecular weight is 224 g/mol. The maximum atomic E-state index is 12.6. The smallest absolute Gasteiger partial charge is 0.303 e. The zero-order valence-electron chi connectivity index (χ0n) is 9.46. The molecule has 2 nitrogen and oxygen atoms in total. The number of hydrogen-bond donors (Lipinski definition) is 0. The zero-order valence-corrected chi connectivity index (χ0v) is 10.4. The van der Waals surface area contributed by atoms with Crippen LogP contribution < -0.4 is 0 Å². The van der Waals surface area contributed by atoms with E-state index in [2.05, 4.69) is 6.92 Å². The number of rotatable bonds is 8. The Balaban J connectivity index is 3.36. The van der Waals surface area contributed by atoms with E-state index in [9.17, 15) is 8.76 Å². The van der Waals surface area contributed by atoms with Gasteiger partial charge in [0.25, 0.3) is 0 Å². The lowest BCUT2D eigenvalue weighted by Crippen LogP contribution is -2.04. The van der Waals surface area contributed by atoms with Gasteiger partial charge in [-0.3, -0.25) is 4.57 Å². The highest BCUT2D eigenvalue weighted by molar-refractivity contribution is 7.52. The molecule has 0 heterocycles. The summed E-state index contributed by atoms with van der Waals surface area (Å²) >= 11 is 0. The van der Waals surface area contributed by atoms with Gasteiger partial charge in [-0.15, -0.1) is 0 Å². The molecule has 0 N–H and O–H groups in total. The lowest BCUT2D eigenvalue weighted by molar-refractivity contribution is 0.195. The van der Waals surface area contributed by atoms with Crippen LogP contribution in [0.1, 0.15) is 52.4 Å². The Bertz CT molecular complexity index is 179. The number of halogens is 1. The topological polar surface area (TPSA) is 26.3 Å². The molecule has 2 atom stereocenters. The summed E-state index contributed by atoms with van der Waals surface area (Å²) < 4.78 is 28.0. The molecule has 0 amide bonds. The first-order valence-electron chi connectivity index (χ1n) is 5.41. The van der Waals surface area contributed by atoms with Crippen molar-refractivity contribution >= 4 is 7.68 Å². The van der Waals surface area contributed by atoms with E-state index in [1.54, 1.807) is 6.92 Å². The highest BCUT2D eigenvalue weighted by Crippen LogP contribution is 2.45. The Morgan fingerprint density at radius 3 is 2.36 bits per heavy atom. The van der Waals surface area contributed by atoms with Crippen LogP contribution in [0.3, 0.4) is 0 Å². The van der Waals surface area contributed by atoms with Gasteiger partial charge in [0.15, 0.2) is 0 Å². The van der Waals surface area contributed by atoms with Crippen LogP contribution >= 0.6 is 7.68 Å². The molecule has 0 bridgehead atoms. The summed E-state index contributed by atoms with van der Waals surface area (Å²) in [5.41, 5.74) is 0. The predicted octanol–water partition coefficient (Wildman–Crippen LogP) is 4.54. The van der Waals surface area contributed by atoms with E-state index in [4.69, 9.17) is 4.52 Å². The predicted molar refractivity (Wildman–Crippen MR) is 58.6 cm³/mol. The summed E-state index contributed by atoms with van der Waals surface area (Å²) in [6.07, 6.45) is 6.46. The van der Waals surface area contributed by atoms with Crippen LogP contribution in [0.5, 0.6) is 0 Å². The third-order valence-electron chi connectivity index (χ3n) is 2.08. The molecular weight excluding hydrogens is 202 g/mol. The molecule has 0 aromatic carbocycles. The minimum Gasteiger partial charge on any atom is -0.303 e. The third-order valence-corrected chi connectivity index (χ3v) is 2.82. The summed E-state index contributed by atoms with van der Waals surface area (Å²) in [5.74, 6) is 0. The summed E-state index contributed by atoms with van der Waals surface area (Å²) in [6.45, 7) is 4.96. The van der Waals surface area contributed by atoms with Crippen molar-refractivity contribution in [3.8, 4) is 0 Å². The first kappa shape index (κ1) is 14.1. The Morgan fingerprint density at radius 2 is 1.86 bits per heavy atom. The molecule has 0 aromatic heterocycles. The Kier molecular flexibility index (Phi) is 7.48. The molecule has 0 radical (unpaired) electrons. The van der Waals surface area contributed by atoms with Crippen LogP contribution in [0.2, 0.25) is 0 Å². The van der Waals surface area contributed by atoms with Crippen molar-refractivity contribution in [1.29, 1.82) is 0 Å². The Morgan fingerprint density at radius 1 is 1.29 bits per heavy atom. The largest absolute Gasteiger partial charge is 0.364 e. The summed E-state index contributed by atoms with van der Waals surface area (Å²) in [5, 5.41) is 0. The van der Waals surface area contributed by atoms with E-state index in [0.29, 0.717) is 0 Å². The second-order valence-corrected chi connectivity index (χ2v) is 5.57. The van der Waals surface area contributed by atoms with Crippen LogP contribution in [0.15, 0.2) is 0 Å². The van der Waals surface area contributed by atoms with Crippen molar-refractivity contribution in [1.82, 2.24) is 0 Å². The fraction of sp³-hybridized carbons (Fsp3) is 1.00. The third kappa shape index (κ3) is 10.2. The van der Waals surface area contributed by atoms with Gasteiger partial charge in [0.05, 0.1) is 6.10 Å². The van der Waals surface area contributed by atoms with E-state index in [1.165, 1.54) is 19.3 Å². The first-order valence-corrected chi connectivity index (χ1v) is 7.37. The van der Waals surface area contributed by atoms with Crippen LogP contribution in [-0.2, 0) is 9.09 Å². The number of unbranched alkanes of at least 4 members (excludes halogenated alkanes) is 4. The maximum absolute atomic E-state index is 12.6. The van der Waals surface area contributed by atoms with Gasteiger partial charge in [0.1, 0.15) is 0 Å². The molecule has 14 heavy (non-hydrogen) atoms. The van der Waals surface area contributed by atoms with Gasteiger partial charge in [-0.25, -0.2) is 0 Å². The lowest BCUT2D eigenvalue weighted by Gasteiger charge is -2.13. The van der Waals surface area contributed by atoms with Gasteiger partial charge in [0, 0.05) is 6.66 Å². The molecule has 0 aromatic rings. The monoisotopic (exact) mass is 224 g/mol. The fourth-order valence-corrected chi connectivity index (χ4v) is 2.16. The molecular formula is C10H22FO2P. The van der Waals surface area contributed by atoms with E-state index in [1.807, 2.05) is 0 Å². The van der Waals surface area contributed by atoms with Gasteiger partial charge in [-0.05, 0) is 13.3 Å². The second-order valence-electron chi connectivity index (χ2n) is 3.87. The minimum atomic E-state index is -3.78. The van der Waals surface area contributed by atoms with Crippen molar-refractivity contribution in [2.24, 2.45) is 0 Å². The number of hydrogen-bond acceptors (Lipinski definition) is 2. The summed E-state index contributed by atoms with van der Waals surface area (Å²) in [6, 6.07) is 0. The molecule has 86 valence electrons. The van der Waals surface area contributed by atoms with Gasteiger partial charge < -0.3 is 4.52 Å². The van der Waals surface area contributed by atoms with E-state index < -0.39 is 7.68 Å². The molecule has 0 saturated carbocycles. The lowest BCUT2D eigenvalue weighted by atomic mass is 10.1. The summed E-state index contributed by atoms with van der Waals surface area (Å²) in [7, 11) is -3.78. The van der Waals surface area contributed by atoms with E-state index in [-0.39, 0.29) is 6.10 Å². The molecule has 0 aliphatic rings. The Labute approximate surface area is 86.8 Å². The normalized spacial score (nSPS) is 17.7. The molecule has 0 spiro atoms. The second kappa shape index (κ2) is 7.42. The summed E-state index contributed by atoms with van der Waals surface area (Å²) in [4.78, 5) is 0. The molecule has 0 aliphatic carbocycles. The molecule has 2 unspecified atom stereocenters. The van der Waals surface area contributed by atoms with Gasteiger partial charge in [0.2, 0.25) is 0 Å². The van der Waals surface area contributed by atoms with Crippen LogP contribution in [0.25, 0.3) is 0 Å². The van der Waals surface area contributed by atoms with Crippen molar-refractivity contribution in [3.63, 3.8) is 0 Å². The molecule has 0 aliphatic heterocycles. The maximum Gasteiger partial charge on any atom is 0.364 e. The van der Waals surface area contributed by atoms with Crippen molar-refractivity contribution in [3.05, 3.63) is 0 Å². The van der Waals surface area contributed by atoms with E-state index >= 15 is 0 Å². The van der Waals surface area contributed by atoms with Crippen molar-refractivity contribution < 1.29 is 13.3 Å².